The monoisotopic (exact) mass is 356 g/mol. The van der Waals surface area contributed by atoms with E-state index in [4.69, 9.17) is 0 Å². The van der Waals surface area contributed by atoms with Crippen LogP contribution in [-0.2, 0) is 4.79 Å². The third kappa shape index (κ3) is 4.77. The van der Waals surface area contributed by atoms with Crippen molar-refractivity contribution in [3.05, 3.63) is 29.8 Å². The number of benzene rings is 1. The number of aliphatic imine (C=N–C) groups is 1. The summed E-state index contributed by atoms with van der Waals surface area (Å²) in [4.78, 5) is 16.3. The molecule has 1 heterocycles. The van der Waals surface area contributed by atoms with Crippen LogP contribution in [0.15, 0.2) is 29.3 Å². The highest BCUT2D eigenvalue weighted by atomic mass is 16.1. The van der Waals surface area contributed by atoms with Crippen LogP contribution in [0.1, 0.15) is 56.9 Å². The van der Waals surface area contributed by atoms with Gasteiger partial charge in [0.2, 0.25) is 5.91 Å². The zero-order chi connectivity index (χ0) is 18.4. The van der Waals surface area contributed by atoms with Crippen LogP contribution in [0.5, 0.6) is 0 Å². The van der Waals surface area contributed by atoms with Gasteiger partial charge in [0.15, 0.2) is 5.96 Å². The molecule has 5 nitrogen and oxygen atoms in total. The quantitative estimate of drug-likeness (QED) is 0.559. The van der Waals surface area contributed by atoms with E-state index >= 15 is 0 Å². The Morgan fingerprint density at radius 1 is 1.12 bits per heavy atom. The molecule has 2 aliphatic rings. The Labute approximate surface area is 157 Å². The van der Waals surface area contributed by atoms with Crippen molar-refractivity contribution >= 4 is 17.6 Å². The second-order valence-electron chi connectivity index (χ2n) is 7.67. The van der Waals surface area contributed by atoms with Crippen molar-refractivity contribution in [2.24, 2.45) is 16.8 Å². The summed E-state index contributed by atoms with van der Waals surface area (Å²) in [6, 6.07) is 8.06. The highest BCUT2D eigenvalue weighted by Crippen LogP contribution is 2.31. The first-order valence-corrected chi connectivity index (χ1v) is 10.0. The van der Waals surface area contributed by atoms with Crippen molar-refractivity contribution in [3.63, 3.8) is 0 Å². The molecule has 0 bridgehead atoms. The smallest absolute Gasteiger partial charge is 0.225 e. The molecule has 0 radical (unpaired) electrons. The molecule has 1 amide bonds. The molecule has 142 valence electrons. The van der Waals surface area contributed by atoms with Crippen LogP contribution >= 0.6 is 0 Å². The SMILES string of the molecule is CCC1CCC(CNC(=NC)NCC2CC(=O)Nc3ccccc32)CC1. The fourth-order valence-corrected chi connectivity index (χ4v) is 4.21. The van der Waals surface area contributed by atoms with E-state index in [1.807, 2.05) is 25.2 Å². The number of carbonyl (C=O) groups is 1. The van der Waals surface area contributed by atoms with Crippen LogP contribution < -0.4 is 16.0 Å². The van der Waals surface area contributed by atoms with Gasteiger partial charge in [0.1, 0.15) is 0 Å². The normalized spacial score (nSPS) is 26.0. The van der Waals surface area contributed by atoms with Crippen molar-refractivity contribution < 1.29 is 4.79 Å². The summed E-state index contributed by atoms with van der Waals surface area (Å²) >= 11 is 0. The molecule has 0 spiro atoms. The van der Waals surface area contributed by atoms with Crippen LogP contribution in [-0.4, -0.2) is 32.0 Å². The van der Waals surface area contributed by atoms with Gasteiger partial charge in [0.05, 0.1) is 0 Å². The van der Waals surface area contributed by atoms with E-state index in [1.54, 1.807) is 0 Å². The van der Waals surface area contributed by atoms with Gasteiger partial charge in [-0.2, -0.15) is 0 Å². The summed E-state index contributed by atoms with van der Waals surface area (Å²) in [5, 5.41) is 9.86. The number of para-hydroxylation sites is 1. The first kappa shape index (κ1) is 18.7. The average molecular weight is 357 g/mol. The third-order valence-corrected chi connectivity index (χ3v) is 5.95. The van der Waals surface area contributed by atoms with Crippen molar-refractivity contribution in [1.29, 1.82) is 0 Å². The topological polar surface area (TPSA) is 65.5 Å². The summed E-state index contributed by atoms with van der Waals surface area (Å²) in [6.45, 7) is 4.00. The number of nitrogens with zero attached hydrogens (tertiary/aromatic N) is 1. The van der Waals surface area contributed by atoms with E-state index < -0.39 is 0 Å². The molecule has 1 atom stereocenters. The molecule has 26 heavy (non-hydrogen) atoms. The fourth-order valence-electron chi connectivity index (χ4n) is 4.21. The number of amides is 1. The Bertz CT molecular complexity index is 635. The zero-order valence-corrected chi connectivity index (χ0v) is 16.1. The number of anilines is 1. The molecule has 1 aromatic carbocycles. The highest BCUT2D eigenvalue weighted by Gasteiger charge is 2.25. The molecule has 3 N–H and O–H groups in total. The van der Waals surface area contributed by atoms with E-state index in [0.29, 0.717) is 13.0 Å². The van der Waals surface area contributed by atoms with Gasteiger partial charge in [-0.25, -0.2) is 0 Å². The zero-order valence-electron chi connectivity index (χ0n) is 16.1. The average Bonchev–Trinajstić information content (AvgIpc) is 2.68. The van der Waals surface area contributed by atoms with Crippen LogP contribution in [0, 0.1) is 11.8 Å². The van der Waals surface area contributed by atoms with Gasteiger partial charge >= 0.3 is 0 Å². The molecule has 1 aliphatic carbocycles. The van der Waals surface area contributed by atoms with Gasteiger partial charge in [-0.3, -0.25) is 9.79 Å². The Hall–Kier alpha value is -2.04. The highest BCUT2D eigenvalue weighted by molar-refractivity contribution is 5.94. The van der Waals surface area contributed by atoms with Crippen LogP contribution in [0.4, 0.5) is 5.69 Å². The maximum Gasteiger partial charge on any atom is 0.225 e. The first-order valence-electron chi connectivity index (χ1n) is 10.0. The maximum absolute atomic E-state index is 11.9. The van der Waals surface area contributed by atoms with E-state index in [9.17, 15) is 4.79 Å². The predicted octanol–water partition coefficient (Wildman–Crippen LogP) is 3.49. The van der Waals surface area contributed by atoms with Crippen LogP contribution in [0.25, 0.3) is 0 Å². The number of fused-ring (bicyclic) bond motifs is 1. The molecule has 1 fully saturated rings. The Morgan fingerprint density at radius 3 is 2.54 bits per heavy atom. The predicted molar refractivity (Wildman–Crippen MR) is 108 cm³/mol. The summed E-state index contributed by atoms with van der Waals surface area (Å²) < 4.78 is 0. The lowest BCUT2D eigenvalue weighted by Gasteiger charge is -2.29. The number of nitrogens with one attached hydrogen (secondary N) is 3. The number of guanidine groups is 1. The van der Waals surface area contributed by atoms with Crippen LogP contribution in [0.2, 0.25) is 0 Å². The summed E-state index contributed by atoms with van der Waals surface area (Å²) in [5.74, 6) is 2.79. The minimum Gasteiger partial charge on any atom is -0.356 e. The Morgan fingerprint density at radius 2 is 1.81 bits per heavy atom. The van der Waals surface area contributed by atoms with Crippen molar-refractivity contribution in [1.82, 2.24) is 10.6 Å². The number of hydrogen-bond donors (Lipinski definition) is 3. The minimum atomic E-state index is 0.0890. The molecular formula is C21H32N4O. The van der Waals surface area contributed by atoms with Crippen LogP contribution in [0.3, 0.4) is 0 Å². The van der Waals surface area contributed by atoms with E-state index in [1.165, 1.54) is 37.7 Å². The molecule has 3 rings (SSSR count). The van der Waals surface area contributed by atoms with E-state index in [-0.39, 0.29) is 11.8 Å². The second kappa shape index (κ2) is 9.06. The van der Waals surface area contributed by atoms with Crippen molar-refractivity contribution in [2.45, 2.75) is 51.4 Å². The summed E-state index contributed by atoms with van der Waals surface area (Å²) in [7, 11) is 1.81. The number of carbonyl (C=O) groups excluding carboxylic acids is 1. The van der Waals surface area contributed by atoms with E-state index in [2.05, 4.69) is 33.9 Å². The Kier molecular flexibility index (Phi) is 6.53. The lowest BCUT2D eigenvalue weighted by Crippen LogP contribution is -2.42. The molecule has 1 aromatic rings. The largest absolute Gasteiger partial charge is 0.356 e. The summed E-state index contributed by atoms with van der Waals surface area (Å²) in [5.41, 5.74) is 2.14. The Balaban J connectivity index is 1.48. The molecular weight excluding hydrogens is 324 g/mol. The fraction of sp³-hybridized carbons (Fsp3) is 0.619. The van der Waals surface area contributed by atoms with E-state index in [0.717, 1.165) is 30.0 Å². The minimum absolute atomic E-state index is 0.0890. The van der Waals surface area contributed by atoms with Crippen molar-refractivity contribution in [3.8, 4) is 0 Å². The molecule has 0 saturated heterocycles. The summed E-state index contributed by atoms with van der Waals surface area (Å²) in [6.07, 6.45) is 7.20. The van der Waals surface area contributed by atoms with Gasteiger partial charge in [0.25, 0.3) is 0 Å². The second-order valence-corrected chi connectivity index (χ2v) is 7.67. The molecule has 0 aromatic heterocycles. The van der Waals surface area contributed by atoms with Gasteiger partial charge in [0, 0.05) is 38.2 Å². The molecule has 1 aliphatic heterocycles. The lowest BCUT2D eigenvalue weighted by molar-refractivity contribution is -0.116. The first-order chi connectivity index (χ1) is 12.7. The molecule has 1 unspecified atom stereocenters. The van der Waals surface area contributed by atoms with Gasteiger partial charge in [-0.1, -0.05) is 44.4 Å². The molecule has 1 saturated carbocycles. The van der Waals surface area contributed by atoms with Gasteiger partial charge < -0.3 is 16.0 Å². The van der Waals surface area contributed by atoms with Gasteiger partial charge in [-0.05, 0) is 36.3 Å². The number of rotatable bonds is 5. The standard InChI is InChI=1S/C21H32N4O/c1-3-15-8-10-16(11-9-15)13-23-21(22-2)24-14-17-12-20(26)25-19-7-5-4-6-18(17)19/h4-7,15-17H,3,8-14H2,1-2H3,(H,25,26)(H2,22,23,24). The lowest BCUT2D eigenvalue weighted by atomic mass is 9.81. The molecule has 5 heteroatoms. The number of hydrogen-bond acceptors (Lipinski definition) is 2. The maximum atomic E-state index is 11.9. The third-order valence-electron chi connectivity index (χ3n) is 5.95. The van der Waals surface area contributed by atoms with Crippen molar-refractivity contribution in [2.75, 3.05) is 25.5 Å². The van der Waals surface area contributed by atoms with Gasteiger partial charge in [-0.15, -0.1) is 0 Å².